The van der Waals surface area contributed by atoms with E-state index in [1.807, 2.05) is 38.2 Å². The third-order valence-corrected chi connectivity index (χ3v) is 2.85. The molecule has 0 saturated heterocycles. The molecule has 0 radical (unpaired) electrons. The highest BCUT2D eigenvalue weighted by atomic mass is 16.2. The number of carbonyl (C=O) groups is 1. The molecule has 0 unspecified atom stereocenters. The summed E-state index contributed by atoms with van der Waals surface area (Å²) in [7, 11) is 1.81. The van der Waals surface area contributed by atoms with Crippen LogP contribution in [-0.4, -0.2) is 31.1 Å². The number of nitrogens with two attached hydrogens (primary N) is 1. The molecule has 0 aliphatic rings. The molecule has 18 heavy (non-hydrogen) atoms. The molecule has 4 heteroatoms. The maximum atomic E-state index is 11.9. The third-order valence-electron chi connectivity index (χ3n) is 2.85. The highest BCUT2D eigenvalue weighted by Crippen LogP contribution is 2.09. The van der Waals surface area contributed by atoms with Crippen molar-refractivity contribution in [3.8, 4) is 0 Å². The maximum Gasteiger partial charge on any atom is 0.321 e. The van der Waals surface area contributed by atoms with Crippen LogP contribution in [0.3, 0.4) is 0 Å². The second-order valence-corrected chi connectivity index (χ2v) is 4.57. The van der Waals surface area contributed by atoms with Crippen molar-refractivity contribution in [2.75, 3.05) is 25.5 Å². The molecular formula is C14H23N3O. The molecule has 0 bridgehead atoms. The van der Waals surface area contributed by atoms with Gasteiger partial charge in [-0.3, -0.25) is 0 Å². The summed E-state index contributed by atoms with van der Waals surface area (Å²) in [5, 5.41) is 2.87. The van der Waals surface area contributed by atoms with E-state index >= 15 is 0 Å². The number of nitrogens with one attached hydrogen (secondary N) is 1. The molecule has 1 rings (SSSR count). The molecule has 0 aromatic heterocycles. The second kappa shape index (κ2) is 7.71. The van der Waals surface area contributed by atoms with Gasteiger partial charge in [-0.25, -0.2) is 4.79 Å². The van der Waals surface area contributed by atoms with Crippen molar-refractivity contribution in [3.63, 3.8) is 0 Å². The Labute approximate surface area is 109 Å². The number of benzene rings is 1. The number of unbranched alkanes of at least 4 members (excludes halogenated alkanes) is 2. The average molecular weight is 249 g/mol. The second-order valence-electron chi connectivity index (χ2n) is 4.57. The fourth-order valence-corrected chi connectivity index (χ4v) is 1.63. The molecule has 0 heterocycles. The first-order valence-corrected chi connectivity index (χ1v) is 6.42. The van der Waals surface area contributed by atoms with E-state index in [1.165, 1.54) is 5.56 Å². The minimum absolute atomic E-state index is 0.0633. The van der Waals surface area contributed by atoms with Gasteiger partial charge in [0.2, 0.25) is 0 Å². The molecule has 3 N–H and O–H groups in total. The van der Waals surface area contributed by atoms with E-state index in [-0.39, 0.29) is 6.03 Å². The van der Waals surface area contributed by atoms with Gasteiger partial charge >= 0.3 is 6.03 Å². The molecule has 0 fully saturated rings. The van der Waals surface area contributed by atoms with Crippen LogP contribution in [0.25, 0.3) is 0 Å². The van der Waals surface area contributed by atoms with Crippen LogP contribution in [0.1, 0.15) is 24.8 Å². The number of urea groups is 1. The van der Waals surface area contributed by atoms with Crippen LogP contribution < -0.4 is 11.1 Å². The molecular weight excluding hydrogens is 226 g/mol. The number of amides is 2. The van der Waals surface area contributed by atoms with Gasteiger partial charge in [0.1, 0.15) is 0 Å². The Kier molecular flexibility index (Phi) is 6.22. The molecule has 2 amide bonds. The van der Waals surface area contributed by atoms with Gasteiger partial charge in [-0.15, -0.1) is 0 Å². The fourth-order valence-electron chi connectivity index (χ4n) is 1.63. The zero-order chi connectivity index (χ0) is 13.4. The maximum absolute atomic E-state index is 11.9. The van der Waals surface area contributed by atoms with Gasteiger partial charge in [-0.2, -0.15) is 0 Å². The van der Waals surface area contributed by atoms with Crippen molar-refractivity contribution in [3.05, 3.63) is 29.8 Å². The van der Waals surface area contributed by atoms with Crippen molar-refractivity contribution in [2.24, 2.45) is 5.73 Å². The van der Waals surface area contributed by atoms with Gasteiger partial charge in [0, 0.05) is 19.3 Å². The van der Waals surface area contributed by atoms with E-state index in [9.17, 15) is 4.79 Å². The van der Waals surface area contributed by atoms with Gasteiger partial charge in [-0.1, -0.05) is 24.1 Å². The highest BCUT2D eigenvalue weighted by molar-refractivity contribution is 5.89. The largest absolute Gasteiger partial charge is 0.330 e. The molecule has 0 aliphatic carbocycles. The molecule has 0 atom stereocenters. The lowest BCUT2D eigenvalue weighted by Gasteiger charge is -2.17. The highest BCUT2D eigenvalue weighted by Gasteiger charge is 2.07. The number of carbonyl (C=O) groups excluding carboxylic acids is 1. The summed E-state index contributed by atoms with van der Waals surface area (Å²) in [6.45, 7) is 3.51. The van der Waals surface area contributed by atoms with Crippen LogP contribution in [0.4, 0.5) is 10.5 Å². The minimum Gasteiger partial charge on any atom is -0.330 e. The summed E-state index contributed by atoms with van der Waals surface area (Å²) < 4.78 is 0. The first-order valence-electron chi connectivity index (χ1n) is 6.42. The Hall–Kier alpha value is -1.55. The lowest BCUT2D eigenvalue weighted by Crippen LogP contribution is -2.32. The zero-order valence-corrected chi connectivity index (χ0v) is 11.3. The summed E-state index contributed by atoms with van der Waals surface area (Å²) in [6.07, 6.45) is 3.08. The predicted octanol–water partition coefficient (Wildman–Crippen LogP) is 2.59. The van der Waals surface area contributed by atoms with Crippen LogP contribution in [-0.2, 0) is 0 Å². The first-order chi connectivity index (χ1) is 8.63. The van der Waals surface area contributed by atoms with Gasteiger partial charge < -0.3 is 16.0 Å². The van der Waals surface area contributed by atoms with Crippen LogP contribution in [0.15, 0.2) is 24.3 Å². The minimum atomic E-state index is -0.0633. The van der Waals surface area contributed by atoms with E-state index < -0.39 is 0 Å². The van der Waals surface area contributed by atoms with Crippen molar-refractivity contribution >= 4 is 11.7 Å². The summed E-state index contributed by atoms with van der Waals surface area (Å²) in [6, 6.07) is 7.73. The SMILES string of the molecule is Cc1ccc(NC(=O)N(C)CCCCCN)cc1. The summed E-state index contributed by atoms with van der Waals surface area (Å²) in [5.41, 5.74) is 7.44. The Bertz CT molecular complexity index is 362. The van der Waals surface area contributed by atoms with Crippen LogP contribution in [0, 0.1) is 6.92 Å². The average Bonchev–Trinajstić information content (AvgIpc) is 2.37. The summed E-state index contributed by atoms with van der Waals surface area (Å²) in [4.78, 5) is 13.6. The van der Waals surface area contributed by atoms with Crippen molar-refractivity contribution in [1.82, 2.24) is 4.90 Å². The Morgan fingerprint density at radius 3 is 2.50 bits per heavy atom. The molecule has 4 nitrogen and oxygen atoms in total. The topological polar surface area (TPSA) is 58.4 Å². The molecule has 0 aliphatic heterocycles. The molecule has 1 aromatic carbocycles. The smallest absolute Gasteiger partial charge is 0.321 e. The standard InChI is InChI=1S/C14H23N3O/c1-12-6-8-13(9-7-12)16-14(18)17(2)11-5-3-4-10-15/h6-9H,3-5,10-11,15H2,1-2H3,(H,16,18). The predicted molar refractivity (Wildman–Crippen MR) is 75.7 cm³/mol. The zero-order valence-electron chi connectivity index (χ0n) is 11.3. The van der Waals surface area contributed by atoms with E-state index in [0.717, 1.165) is 38.0 Å². The third kappa shape index (κ3) is 5.19. The van der Waals surface area contributed by atoms with Crippen LogP contribution in [0.2, 0.25) is 0 Å². The first kappa shape index (κ1) is 14.5. The number of nitrogens with zero attached hydrogens (tertiary/aromatic N) is 1. The van der Waals surface area contributed by atoms with Crippen molar-refractivity contribution < 1.29 is 4.79 Å². The quantitative estimate of drug-likeness (QED) is 0.761. The summed E-state index contributed by atoms with van der Waals surface area (Å²) in [5.74, 6) is 0. The number of rotatable bonds is 6. The van der Waals surface area contributed by atoms with Crippen molar-refractivity contribution in [1.29, 1.82) is 0 Å². The van der Waals surface area contributed by atoms with Gasteiger partial charge in [0.15, 0.2) is 0 Å². The lowest BCUT2D eigenvalue weighted by atomic mass is 10.2. The molecule has 1 aromatic rings. The van der Waals surface area contributed by atoms with Gasteiger partial charge in [0.05, 0.1) is 0 Å². The van der Waals surface area contributed by atoms with E-state index in [1.54, 1.807) is 4.90 Å². The van der Waals surface area contributed by atoms with Crippen LogP contribution >= 0.6 is 0 Å². The number of anilines is 1. The van der Waals surface area contributed by atoms with Gasteiger partial charge in [0.25, 0.3) is 0 Å². The lowest BCUT2D eigenvalue weighted by molar-refractivity contribution is 0.221. The van der Waals surface area contributed by atoms with E-state index in [0.29, 0.717) is 0 Å². The number of hydrogen-bond donors (Lipinski definition) is 2. The van der Waals surface area contributed by atoms with Gasteiger partial charge in [-0.05, 0) is 38.4 Å². The van der Waals surface area contributed by atoms with Crippen LogP contribution in [0.5, 0.6) is 0 Å². The van der Waals surface area contributed by atoms with E-state index in [4.69, 9.17) is 5.73 Å². The van der Waals surface area contributed by atoms with Crippen molar-refractivity contribution in [2.45, 2.75) is 26.2 Å². The Morgan fingerprint density at radius 2 is 1.89 bits per heavy atom. The monoisotopic (exact) mass is 249 g/mol. The number of hydrogen-bond acceptors (Lipinski definition) is 2. The van der Waals surface area contributed by atoms with E-state index in [2.05, 4.69) is 5.32 Å². The molecule has 0 spiro atoms. The Morgan fingerprint density at radius 1 is 1.22 bits per heavy atom. The fraction of sp³-hybridized carbons (Fsp3) is 0.500. The molecule has 100 valence electrons. The Balaban J connectivity index is 2.33. The number of aryl methyl sites for hydroxylation is 1. The molecule has 0 saturated carbocycles. The normalized spacial score (nSPS) is 10.2. The summed E-state index contributed by atoms with van der Waals surface area (Å²) >= 11 is 0.